The van der Waals surface area contributed by atoms with Crippen LogP contribution in [0.15, 0.2) is 89.5 Å². The highest BCUT2D eigenvalue weighted by atomic mass is 16.3. The van der Waals surface area contributed by atoms with Gasteiger partial charge >= 0.3 is 0 Å². The Morgan fingerprint density at radius 3 is 2.60 bits per heavy atom. The predicted molar refractivity (Wildman–Crippen MR) is 119 cm³/mol. The fraction of sp³-hybridized carbons (Fsp3) is 0.115. The summed E-state index contributed by atoms with van der Waals surface area (Å²) in [5.41, 5.74) is 5.56. The van der Waals surface area contributed by atoms with Crippen LogP contribution in [0.2, 0.25) is 0 Å². The molecule has 1 amide bonds. The van der Waals surface area contributed by atoms with Crippen LogP contribution in [0.4, 0.5) is 5.69 Å². The lowest BCUT2D eigenvalue weighted by atomic mass is 9.94. The van der Waals surface area contributed by atoms with Crippen molar-refractivity contribution < 1.29 is 9.21 Å². The molecule has 6 rings (SSSR count). The van der Waals surface area contributed by atoms with Crippen LogP contribution >= 0.6 is 0 Å². The van der Waals surface area contributed by atoms with Crippen LogP contribution < -0.4 is 5.32 Å². The summed E-state index contributed by atoms with van der Waals surface area (Å²) in [6.07, 6.45) is 3.42. The number of hydrogen-bond donors (Lipinski definition) is 2. The molecule has 1 aliphatic carbocycles. The van der Waals surface area contributed by atoms with Gasteiger partial charge in [-0.15, -0.1) is 0 Å². The van der Waals surface area contributed by atoms with Gasteiger partial charge in [0.15, 0.2) is 0 Å². The molecule has 1 saturated carbocycles. The Hall–Kier alpha value is -3.79. The number of carbonyl (C=O) groups is 1. The number of H-pyrrole nitrogens is 1. The maximum atomic E-state index is 13.2. The molecule has 2 aromatic heterocycles. The van der Waals surface area contributed by atoms with E-state index < -0.39 is 5.41 Å². The monoisotopic (exact) mass is 392 g/mol. The number of hydrogen-bond acceptors (Lipinski definition) is 2. The van der Waals surface area contributed by atoms with E-state index in [4.69, 9.17) is 4.42 Å². The van der Waals surface area contributed by atoms with E-state index in [2.05, 4.69) is 34.6 Å². The van der Waals surface area contributed by atoms with Crippen LogP contribution in [0.5, 0.6) is 0 Å². The second-order valence-electron chi connectivity index (χ2n) is 8.06. The van der Waals surface area contributed by atoms with Crippen molar-refractivity contribution >= 4 is 33.5 Å². The number of fused-ring (bicyclic) bond motifs is 2. The lowest BCUT2D eigenvalue weighted by molar-refractivity contribution is -0.118. The minimum atomic E-state index is -0.437. The Labute approximate surface area is 173 Å². The van der Waals surface area contributed by atoms with E-state index in [1.165, 1.54) is 0 Å². The second-order valence-corrected chi connectivity index (χ2v) is 8.06. The Morgan fingerprint density at radius 1 is 0.900 bits per heavy atom. The Balaban J connectivity index is 1.28. The molecule has 0 unspecified atom stereocenters. The molecule has 4 heteroatoms. The molecule has 1 fully saturated rings. The summed E-state index contributed by atoms with van der Waals surface area (Å²) in [7, 11) is 0. The predicted octanol–water partition coefficient (Wildman–Crippen LogP) is 6.25. The number of aromatic amines is 1. The smallest absolute Gasteiger partial charge is 0.235 e. The molecule has 1 aliphatic rings. The number of amides is 1. The average Bonchev–Trinajstić information content (AvgIpc) is 3.27. The van der Waals surface area contributed by atoms with Crippen LogP contribution in [0.1, 0.15) is 18.4 Å². The van der Waals surface area contributed by atoms with Gasteiger partial charge in [-0.05, 0) is 66.4 Å². The van der Waals surface area contributed by atoms with E-state index in [1.54, 1.807) is 6.26 Å². The fourth-order valence-electron chi connectivity index (χ4n) is 4.27. The molecule has 0 aliphatic heterocycles. The third kappa shape index (κ3) is 2.72. The van der Waals surface area contributed by atoms with E-state index in [9.17, 15) is 4.79 Å². The molecule has 3 aromatic carbocycles. The van der Waals surface area contributed by atoms with Gasteiger partial charge in [0.2, 0.25) is 5.91 Å². The van der Waals surface area contributed by atoms with Gasteiger partial charge < -0.3 is 14.7 Å². The minimum Gasteiger partial charge on any atom is -0.464 e. The first-order valence-corrected chi connectivity index (χ1v) is 10.2. The van der Waals surface area contributed by atoms with Crippen molar-refractivity contribution in [1.82, 2.24) is 4.98 Å². The van der Waals surface area contributed by atoms with Crippen LogP contribution in [0.25, 0.3) is 33.1 Å². The summed E-state index contributed by atoms with van der Waals surface area (Å²) in [5, 5.41) is 5.27. The normalized spacial score (nSPS) is 14.8. The lowest BCUT2D eigenvalue weighted by Gasteiger charge is -2.16. The summed E-state index contributed by atoms with van der Waals surface area (Å²) in [5.74, 6) is 0.0588. The maximum Gasteiger partial charge on any atom is 0.235 e. The van der Waals surface area contributed by atoms with E-state index >= 15 is 0 Å². The summed E-state index contributed by atoms with van der Waals surface area (Å²) >= 11 is 0. The summed E-state index contributed by atoms with van der Waals surface area (Å²) in [4.78, 5) is 16.6. The molecule has 0 saturated heterocycles. The first-order valence-electron chi connectivity index (χ1n) is 10.2. The van der Waals surface area contributed by atoms with Crippen molar-refractivity contribution in [2.24, 2.45) is 0 Å². The Morgan fingerprint density at radius 2 is 1.77 bits per heavy atom. The molecule has 146 valence electrons. The molecule has 0 bridgehead atoms. The Bertz CT molecular complexity index is 1390. The van der Waals surface area contributed by atoms with Crippen LogP contribution in [-0.2, 0) is 10.2 Å². The van der Waals surface area contributed by atoms with Gasteiger partial charge in [0.1, 0.15) is 5.58 Å². The molecule has 2 N–H and O–H groups in total. The average molecular weight is 392 g/mol. The topological polar surface area (TPSA) is 58.0 Å². The van der Waals surface area contributed by atoms with E-state index in [0.717, 1.165) is 57.2 Å². The van der Waals surface area contributed by atoms with E-state index in [-0.39, 0.29) is 5.91 Å². The van der Waals surface area contributed by atoms with Gasteiger partial charge in [-0.25, -0.2) is 0 Å². The van der Waals surface area contributed by atoms with Gasteiger partial charge in [-0.3, -0.25) is 4.79 Å². The van der Waals surface area contributed by atoms with Gasteiger partial charge in [-0.1, -0.05) is 36.4 Å². The van der Waals surface area contributed by atoms with E-state index in [1.807, 2.05) is 54.6 Å². The molecule has 4 nitrogen and oxygen atoms in total. The van der Waals surface area contributed by atoms with Crippen LogP contribution in [-0.4, -0.2) is 10.9 Å². The number of rotatable bonds is 4. The zero-order valence-corrected chi connectivity index (χ0v) is 16.3. The number of carbonyl (C=O) groups excluding carboxylic acids is 1. The molecule has 30 heavy (non-hydrogen) atoms. The molecular weight excluding hydrogens is 372 g/mol. The van der Waals surface area contributed by atoms with Crippen molar-refractivity contribution in [3.05, 3.63) is 90.7 Å². The maximum absolute atomic E-state index is 13.2. The number of furan rings is 1. The van der Waals surface area contributed by atoms with Crippen LogP contribution in [0.3, 0.4) is 0 Å². The van der Waals surface area contributed by atoms with Crippen molar-refractivity contribution in [2.45, 2.75) is 18.3 Å². The molecule has 5 aromatic rings. The first kappa shape index (κ1) is 17.1. The zero-order chi connectivity index (χ0) is 20.1. The molecule has 0 atom stereocenters. The zero-order valence-electron chi connectivity index (χ0n) is 16.3. The largest absolute Gasteiger partial charge is 0.464 e. The summed E-state index contributed by atoms with van der Waals surface area (Å²) in [6, 6.07) is 26.4. The molecular formula is C26H20N2O2. The van der Waals surface area contributed by atoms with Crippen molar-refractivity contribution in [3.8, 4) is 11.3 Å². The van der Waals surface area contributed by atoms with Gasteiger partial charge in [-0.2, -0.15) is 0 Å². The minimum absolute atomic E-state index is 0.0588. The highest BCUT2D eigenvalue weighted by Crippen LogP contribution is 2.49. The van der Waals surface area contributed by atoms with Crippen molar-refractivity contribution in [1.29, 1.82) is 0 Å². The summed E-state index contributed by atoms with van der Waals surface area (Å²) < 4.78 is 5.43. The number of aromatic nitrogens is 1. The van der Waals surface area contributed by atoms with Gasteiger partial charge in [0.25, 0.3) is 0 Å². The number of nitrogens with one attached hydrogen (secondary N) is 2. The lowest BCUT2D eigenvalue weighted by Crippen LogP contribution is -2.27. The second kappa shape index (κ2) is 6.36. The highest BCUT2D eigenvalue weighted by molar-refractivity contribution is 6.03. The first-order chi connectivity index (χ1) is 14.7. The molecule has 2 heterocycles. The highest BCUT2D eigenvalue weighted by Gasteiger charge is 2.51. The van der Waals surface area contributed by atoms with Crippen molar-refractivity contribution in [2.75, 3.05) is 5.32 Å². The van der Waals surface area contributed by atoms with Gasteiger partial charge in [0.05, 0.1) is 11.7 Å². The third-order valence-electron chi connectivity index (χ3n) is 6.15. The standard InChI is InChI=1S/C26H20N2O2/c29-25(26(11-12-26)20-6-9-24-18(14-20)10-13-30-24)27-21-7-8-22-19(15-21)16-23(28-22)17-4-2-1-3-5-17/h1-10,13-16,28H,11-12H2,(H,27,29). The van der Waals surface area contributed by atoms with Crippen molar-refractivity contribution in [3.63, 3.8) is 0 Å². The van der Waals surface area contributed by atoms with Gasteiger partial charge in [0, 0.05) is 27.7 Å². The van der Waals surface area contributed by atoms with E-state index in [0.29, 0.717) is 0 Å². The molecule has 0 spiro atoms. The molecule has 0 radical (unpaired) electrons. The number of anilines is 1. The number of benzene rings is 3. The SMILES string of the molecule is O=C(Nc1ccc2[nH]c(-c3ccccc3)cc2c1)C1(c2ccc3occc3c2)CC1. The Kier molecular flexibility index (Phi) is 3.62. The summed E-state index contributed by atoms with van der Waals surface area (Å²) in [6.45, 7) is 0. The van der Waals surface area contributed by atoms with Crippen LogP contribution in [0, 0.1) is 0 Å². The third-order valence-corrected chi connectivity index (χ3v) is 6.15. The quantitative estimate of drug-likeness (QED) is 0.380. The fourth-order valence-corrected chi connectivity index (χ4v) is 4.27.